The van der Waals surface area contributed by atoms with Crippen molar-refractivity contribution < 1.29 is 9.47 Å². The minimum Gasteiger partial charge on any atom is -0.473 e. The normalized spacial score (nSPS) is 27.5. The maximum absolute atomic E-state index is 6.14. The van der Waals surface area contributed by atoms with Crippen molar-refractivity contribution in [1.29, 1.82) is 0 Å². The van der Waals surface area contributed by atoms with Crippen LogP contribution in [0, 0.1) is 0 Å². The van der Waals surface area contributed by atoms with E-state index >= 15 is 0 Å². The Labute approximate surface area is 115 Å². The second-order valence-corrected chi connectivity index (χ2v) is 5.51. The summed E-state index contributed by atoms with van der Waals surface area (Å²) in [4.78, 5) is 0. The van der Waals surface area contributed by atoms with Gasteiger partial charge in [0.1, 0.15) is 11.8 Å². The highest BCUT2D eigenvalue weighted by Gasteiger charge is 2.27. The average Bonchev–Trinajstić information content (AvgIpc) is 2.56. The van der Waals surface area contributed by atoms with Gasteiger partial charge in [-0.05, 0) is 20.3 Å². The quantitative estimate of drug-likeness (QED) is 0.909. The number of nitrogens with zero attached hydrogens (tertiary/aromatic N) is 2. The first-order chi connectivity index (χ1) is 9.01. The number of ether oxygens (including phenoxy) is 2. The second-order valence-electron chi connectivity index (χ2n) is 5.51. The topological polar surface area (TPSA) is 62.3 Å². The van der Waals surface area contributed by atoms with Crippen LogP contribution >= 0.6 is 0 Å². The Morgan fingerprint density at radius 1 is 1.37 bits per heavy atom. The molecule has 1 aromatic rings. The van der Waals surface area contributed by atoms with Gasteiger partial charge in [0.25, 0.3) is 0 Å². The van der Waals surface area contributed by atoms with E-state index in [1.165, 1.54) is 0 Å². The Morgan fingerprint density at radius 2 is 2.00 bits per heavy atom. The Bertz CT molecular complexity index is 421. The molecule has 19 heavy (non-hydrogen) atoms. The molecular weight excluding hydrogens is 242 g/mol. The van der Waals surface area contributed by atoms with Gasteiger partial charge in [-0.3, -0.25) is 0 Å². The Hall–Kier alpha value is -1.23. The second kappa shape index (κ2) is 5.82. The van der Waals surface area contributed by atoms with Crippen molar-refractivity contribution in [3.05, 3.63) is 5.69 Å². The maximum Gasteiger partial charge on any atom is 0.236 e. The number of anilines is 1. The third kappa shape index (κ3) is 3.21. The van der Waals surface area contributed by atoms with E-state index in [1.807, 2.05) is 7.05 Å². The zero-order valence-electron chi connectivity index (χ0n) is 12.3. The first-order valence-electron chi connectivity index (χ1n) is 7.14. The molecule has 0 saturated carbocycles. The standard InChI is InChI=1S/C14H25N3O2/c1-5-6-12-13(15)14(17(4)16-12)19-11-7-9(2)18-10(3)8-11/h9-11H,5-8,15H2,1-4H3. The number of hydrogen-bond donors (Lipinski definition) is 1. The van der Waals surface area contributed by atoms with E-state index in [0.29, 0.717) is 11.6 Å². The fourth-order valence-corrected chi connectivity index (χ4v) is 2.74. The molecule has 2 heterocycles. The summed E-state index contributed by atoms with van der Waals surface area (Å²) in [5.41, 5.74) is 7.77. The summed E-state index contributed by atoms with van der Waals surface area (Å²) < 4.78 is 13.6. The Morgan fingerprint density at radius 3 is 2.58 bits per heavy atom. The summed E-state index contributed by atoms with van der Waals surface area (Å²) in [6.45, 7) is 6.29. The van der Waals surface area contributed by atoms with Gasteiger partial charge in [0.05, 0.1) is 17.9 Å². The van der Waals surface area contributed by atoms with Crippen LogP contribution in [0.3, 0.4) is 0 Å². The van der Waals surface area contributed by atoms with Crippen LogP contribution in [-0.4, -0.2) is 28.1 Å². The van der Waals surface area contributed by atoms with Gasteiger partial charge in [-0.15, -0.1) is 0 Å². The van der Waals surface area contributed by atoms with Gasteiger partial charge >= 0.3 is 0 Å². The van der Waals surface area contributed by atoms with Crippen LogP contribution in [0.2, 0.25) is 0 Å². The molecule has 1 fully saturated rings. The van der Waals surface area contributed by atoms with E-state index in [1.54, 1.807) is 4.68 Å². The fraction of sp³-hybridized carbons (Fsp3) is 0.786. The average molecular weight is 267 g/mol. The van der Waals surface area contributed by atoms with Gasteiger partial charge in [-0.1, -0.05) is 13.3 Å². The lowest BCUT2D eigenvalue weighted by Crippen LogP contribution is -2.36. The molecule has 5 heteroatoms. The Balaban J connectivity index is 2.10. The molecule has 0 aliphatic carbocycles. The molecule has 2 N–H and O–H groups in total. The molecule has 0 bridgehead atoms. The lowest BCUT2D eigenvalue weighted by molar-refractivity contribution is -0.0735. The molecule has 0 amide bonds. The third-order valence-electron chi connectivity index (χ3n) is 3.53. The van der Waals surface area contributed by atoms with Crippen LogP contribution < -0.4 is 10.5 Å². The highest BCUT2D eigenvalue weighted by atomic mass is 16.5. The zero-order valence-corrected chi connectivity index (χ0v) is 12.3. The zero-order chi connectivity index (χ0) is 14.0. The largest absolute Gasteiger partial charge is 0.473 e. The molecule has 1 aromatic heterocycles. The van der Waals surface area contributed by atoms with E-state index in [9.17, 15) is 0 Å². The molecule has 5 nitrogen and oxygen atoms in total. The van der Waals surface area contributed by atoms with Crippen molar-refractivity contribution in [3.63, 3.8) is 0 Å². The van der Waals surface area contributed by atoms with E-state index < -0.39 is 0 Å². The van der Waals surface area contributed by atoms with Crippen LogP contribution in [0.5, 0.6) is 5.88 Å². The van der Waals surface area contributed by atoms with Crippen molar-refractivity contribution in [3.8, 4) is 5.88 Å². The minimum atomic E-state index is 0.158. The predicted molar refractivity (Wildman–Crippen MR) is 75.3 cm³/mol. The van der Waals surface area contributed by atoms with E-state index in [0.717, 1.165) is 31.4 Å². The maximum atomic E-state index is 6.14. The SMILES string of the molecule is CCCc1nn(C)c(OC2CC(C)OC(C)C2)c1N. The summed E-state index contributed by atoms with van der Waals surface area (Å²) >= 11 is 0. The van der Waals surface area contributed by atoms with Gasteiger partial charge in [0.15, 0.2) is 0 Å². The fourth-order valence-electron chi connectivity index (χ4n) is 2.74. The summed E-state index contributed by atoms with van der Waals surface area (Å²) in [6, 6.07) is 0. The van der Waals surface area contributed by atoms with Crippen molar-refractivity contribution in [2.75, 3.05) is 5.73 Å². The van der Waals surface area contributed by atoms with Gasteiger partial charge in [-0.25, -0.2) is 4.68 Å². The van der Waals surface area contributed by atoms with E-state index in [4.69, 9.17) is 15.2 Å². The van der Waals surface area contributed by atoms with Crippen molar-refractivity contribution in [2.45, 2.75) is 64.8 Å². The lowest BCUT2D eigenvalue weighted by Gasteiger charge is -2.32. The van der Waals surface area contributed by atoms with Crippen LogP contribution in [0.1, 0.15) is 45.7 Å². The molecule has 1 aliphatic heterocycles. The van der Waals surface area contributed by atoms with Crippen molar-refractivity contribution >= 4 is 5.69 Å². The number of nitrogens with two attached hydrogens (primary N) is 1. The molecular formula is C14H25N3O2. The smallest absolute Gasteiger partial charge is 0.236 e. The first-order valence-corrected chi connectivity index (χ1v) is 7.14. The summed E-state index contributed by atoms with van der Waals surface area (Å²) in [5, 5.41) is 4.44. The molecule has 108 valence electrons. The first kappa shape index (κ1) is 14.2. The molecule has 2 unspecified atom stereocenters. The lowest BCUT2D eigenvalue weighted by atomic mass is 10.0. The number of rotatable bonds is 4. The van der Waals surface area contributed by atoms with E-state index in [-0.39, 0.29) is 18.3 Å². The number of nitrogen functional groups attached to an aromatic ring is 1. The van der Waals surface area contributed by atoms with Crippen LogP contribution in [0.4, 0.5) is 5.69 Å². The van der Waals surface area contributed by atoms with Gasteiger partial charge < -0.3 is 15.2 Å². The number of aryl methyl sites for hydroxylation is 2. The van der Waals surface area contributed by atoms with Crippen molar-refractivity contribution in [2.24, 2.45) is 7.05 Å². The number of hydrogen-bond acceptors (Lipinski definition) is 4. The molecule has 1 saturated heterocycles. The van der Waals surface area contributed by atoms with Crippen LogP contribution in [-0.2, 0) is 18.2 Å². The highest BCUT2D eigenvalue weighted by Crippen LogP contribution is 2.30. The summed E-state index contributed by atoms with van der Waals surface area (Å²) in [6.07, 6.45) is 4.36. The molecule has 0 aromatic carbocycles. The summed E-state index contributed by atoms with van der Waals surface area (Å²) in [7, 11) is 1.89. The monoisotopic (exact) mass is 267 g/mol. The van der Waals surface area contributed by atoms with Crippen LogP contribution in [0.25, 0.3) is 0 Å². The molecule has 0 radical (unpaired) electrons. The van der Waals surface area contributed by atoms with Crippen LogP contribution in [0.15, 0.2) is 0 Å². The van der Waals surface area contributed by atoms with Gasteiger partial charge in [-0.2, -0.15) is 5.10 Å². The van der Waals surface area contributed by atoms with Gasteiger partial charge in [0.2, 0.25) is 5.88 Å². The third-order valence-corrected chi connectivity index (χ3v) is 3.53. The molecule has 2 rings (SSSR count). The molecule has 2 atom stereocenters. The minimum absolute atomic E-state index is 0.158. The molecule has 1 aliphatic rings. The Kier molecular flexibility index (Phi) is 4.34. The van der Waals surface area contributed by atoms with Gasteiger partial charge in [0, 0.05) is 19.9 Å². The predicted octanol–water partition coefficient (Wildman–Crippen LogP) is 2.29. The van der Waals surface area contributed by atoms with E-state index in [2.05, 4.69) is 25.9 Å². The molecule has 0 spiro atoms. The highest BCUT2D eigenvalue weighted by molar-refractivity contribution is 5.53. The number of aromatic nitrogens is 2. The summed E-state index contributed by atoms with van der Waals surface area (Å²) in [5.74, 6) is 0.703. The van der Waals surface area contributed by atoms with Crippen molar-refractivity contribution in [1.82, 2.24) is 9.78 Å².